The Morgan fingerprint density at radius 3 is 2.14 bits per heavy atom. The summed E-state index contributed by atoms with van der Waals surface area (Å²) in [6.45, 7) is -0.923. The number of benzene rings is 1. The van der Waals surface area contributed by atoms with Gasteiger partial charge >= 0.3 is 12.4 Å². The number of hydrogen-bond donors (Lipinski definition) is 3. The van der Waals surface area contributed by atoms with Gasteiger partial charge in [0.25, 0.3) is 5.60 Å². The molecule has 0 spiro atoms. The Hall–Kier alpha value is -3.06. The number of aromatic nitrogens is 1. The van der Waals surface area contributed by atoms with Crippen molar-refractivity contribution in [3.63, 3.8) is 0 Å². The standard InChI is InChI=1S/C21H20F6N4O4S/c22-20(23,24)19(33,21(25,26)27)14-3-5-15(6-4-14)31-10-9-30(13-16(31)2-1-11-32)36(34,35)17-7-8-18(28)29-12-17/h3-8,12,16,32-33H,9-11,13H2,(H2,28,29). The molecular weight excluding hydrogens is 518 g/mol. The molecule has 0 bridgehead atoms. The van der Waals surface area contributed by atoms with Crippen LogP contribution < -0.4 is 10.6 Å². The van der Waals surface area contributed by atoms with Crippen LogP contribution in [0.3, 0.4) is 0 Å². The number of pyridine rings is 1. The van der Waals surface area contributed by atoms with Gasteiger partial charge < -0.3 is 20.8 Å². The lowest BCUT2D eigenvalue weighted by Crippen LogP contribution is -2.55. The van der Waals surface area contributed by atoms with E-state index in [1.54, 1.807) is 0 Å². The number of hydrogen-bond acceptors (Lipinski definition) is 7. The maximum Gasteiger partial charge on any atom is 0.430 e. The van der Waals surface area contributed by atoms with E-state index >= 15 is 0 Å². The van der Waals surface area contributed by atoms with E-state index in [2.05, 4.69) is 16.8 Å². The van der Waals surface area contributed by atoms with E-state index in [1.165, 1.54) is 17.0 Å². The number of anilines is 2. The number of aliphatic hydroxyl groups is 2. The van der Waals surface area contributed by atoms with Crippen molar-refractivity contribution in [2.24, 2.45) is 0 Å². The monoisotopic (exact) mass is 538 g/mol. The highest BCUT2D eigenvalue weighted by atomic mass is 32.2. The summed E-state index contributed by atoms with van der Waals surface area (Å²) in [6, 6.07) is 4.54. The topological polar surface area (TPSA) is 120 Å². The van der Waals surface area contributed by atoms with Gasteiger partial charge in [-0.2, -0.15) is 30.6 Å². The van der Waals surface area contributed by atoms with Crippen LogP contribution in [0.5, 0.6) is 0 Å². The molecule has 0 aliphatic carbocycles. The van der Waals surface area contributed by atoms with Gasteiger partial charge in [-0.1, -0.05) is 24.0 Å². The number of alkyl halides is 6. The lowest BCUT2D eigenvalue weighted by Gasteiger charge is -2.40. The summed E-state index contributed by atoms with van der Waals surface area (Å²) in [4.78, 5) is 5.09. The average molecular weight is 538 g/mol. The minimum Gasteiger partial charge on any atom is -0.384 e. The van der Waals surface area contributed by atoms with Gasteiger partial charge in [0, 0.05) is 37.1 Å². The molecule has 4 N–H and O–H groups in total. The largest absolute Gasteiger partial charge is 0.430 e. The van der Waals surface area contributed by atoms with Crippen molar-refractivity contribution in [1.82, 2.24) is 9.29 Å². The maximum atomic E-state index is 13.2. The van der Waals surface area contributed by atoms with E-state index in [0.29, 0.717) is 12.1 Å². The normalized spacial score (nSPS) is 18.0. The van der Waals surface area contributed by atoms with Crippen LogP contribution in [-0.2, 0) is 15.6 Å². The van der Waals surface area contributed by atoms with Crippen LogP contribution in [0, 0.1) is 11.8 Å². The third kappa shape index (κ3) is 5.07. The second kappa shape index (κ2) is 9.77. The third-order valence-corrected chi connectivity index (χ3v) is 7.37. The second-order valence-corrected chi connectivity index (χ2v) is 9.66. The number of aliphatic hydroxyl groups excluding tert-OH is 1. The number of piperazine rings is 1. The Morgan fingerprint density at radius 2 is 1.64 bits per heavy atom. The highest BCUT2D eigenvalue weighted by Gasteiger charge is 2.71. The van der Waals surface area contributed by atoms with Gasteiger partial charge in [0.1, 0.15) is 23.4 Å². The van der Waals surface area contributed by atoms with Crippen molar-refractivity contribution < 1.29 is 45.0 Å². The SMILES string of the molecule is Nc1ccc(S(=O)(=O)N2CCN(c3ccc(C(O)(C(F)(F)F)C(F)(F)F)cc3)C(C#CCO)C2)cn1. The summed E-state index contributed by atoms with van der Waals surface area (Å²) in [5.41, 5.74) is -0.887. The molecule has 3 rings (SSSR count). The van der Waals surface area contributed by atoms with Gasteiger partial charge in [-0.15, -0.1) is 0 Å². The number of halogens is 6. The molecule has 36 heavy (non-hydrogen) atoms. The predicted octanol–water partition coefficient (Wildman–Crippen LogP) is 1.85. The fourth-order valence-electron chi connectivity index (χ4n) is 3.65. The Labute approximate surface area is 202 Å². The summed E-state index contributed by atoms with van der Waals surface area (Å²) in [6.07, 6.45) is -11.0. The first kappa shape index (κ1) is 27.5. The molecule has 1 aromatic carbocycles. The first-order valence-electron chi connectivity index (χ1n) is 10.2. The Balaban J connectivity index is 1.92. The zero-order valence-electron chi connectivity index (χ0n) is 18.3. The van der Waals surface area contributed by atoms with Gasteiger partial charge in [0.2, 0.25) is 10.0 Å². The Kier molecular flexibility index (Phi) is 7.47. The average Bonchev–Trinajstić information content (AvgIpc) is 2.81. The number of nitrogens with two attached hydrogens (primary N) is 1. The molecule has 1 aliphatic heterocycles. The highest BCUT2D eigenvalue weighted by molar-refractivity contribution is 7.89. The quantitative estimate of drug-likeness (QED) is 0.402. The summed E-state index contributed by atoms with van der Waals surface area (Å²) < 4.78 is 106. The molecule has 1 unspecified atom stereocenters. The number of nitrogen functional groups attached to an aromatic ring is 1. The lowest BCUT2D eigenvalue weighted by atomic mass is 9.92. The minimum absolute atomic E-state index is 0.0332. The molecule has 2 aromatic rings. The van der Waals surface area contributed by atoms with Crippen LogP contribution in [0.4, 0.5) is 37.8 Å². The first-order chi connectivity index (χ1) is 16.6. The zero-order chi connectivity index (χ0) is 26.9. The summed E-state index contributed by atoms with van der Waals surface area (Å²) in [5.74, 6) is 5.15. The van der Waals surface area contributed by atoms with Crippen LogP contribution in [-0.4, -0.2) is 72.6 Å². The number of rotatable bonds is 4. The van der Waals surface area contributed by atoms with Crippen molar-refractivity contribution >= 4 is 21.5 Å². The highest BCUT2D eigenvalue weighted by Crippen LogP contribution is 2.50. The van der Waals surface area contributed by atoms with Crippen molar-refractivity contribution in [3.05, 3.63) is 48.2 Å². The van der Waals surface area contributed by atoms with Gasteiger partial charge in [-0.25, -0.2) is 13.4 Å². The molecule has 0 amide bonds. The molecule has 1 aromatic heterocycles. The van der Waals surface area contributed by atoms with E-state index in [-0.39, 0.29) is 36.0 Å². The summed E-state index contributed by atoms with van der Waals surface area (Å²) in [7, 11) is -4.03. The molecule has 0 radical (unpaired) electrons. The Morgan fingerprint density at radius 1 is 1.03 bits per heavy atom. The van der Waals surface area contributed by atoms with Crippen molar-refractivity contribution in [3.8, 4) is 11.8 Å². The molecular formula is C21H20F6N4O4S. The summed E-state index contributed by atoms with van der Waals surface area (Å²) in [5, 5.41) is 18.7. The zero-order valence-corrected chi connectivity index (χ0v) is 19.1. The van der Waals surface area contributed by atoms with Crippen LogP contribution in [0.25, 0.3) is 0 Å². The molecule has 1 fully saturated rings. The first-order valence-corrected chi connectivity index (χ1v) is 11.6. The molecule has 8 nitrogen and oxygen atoms in total. The van der Waals surface area contributed by atoms with Crippen molar-refractivity contribution in [2.45, 2.75) is 28.9 Å². The fourth-order valence-corrected chi connectivity index (χ4v) is 5.03. The minimum atomic E-state index is -6.03. The van der Waals surface area contributed by atoms with Crippen LogP contribution in [0.15, 0.2) is 47.5 Å². The van der Waals surface area contributed by atoms with E-state index in [9.17, 15) is 39.9 Å². The van der Waals surface area contributed by atoms with Gasteiger partial charge in [-0.3, -0.25) is 0 Å². The summed E-state index contributed by atoms with van der Waals surface area (Å²) >= 11 is 0. The molecule has 196 valence electrons. The van der Waals surface area contributed by atoms with Crippen LogP contribution in [0.2, 0.25) is 0 Å². The predicted molar refractivity (Wildman–Crippen MR) is 116 cm³/mol. The van der Waals surface area contributed by atoms with E-state index in [4.69, 9.17) is 10.8 Å². The number of nitrogens with zero attached hydrogens (tertiary/aromatic N) is 3. The second-order valence-electron chi connectivity index (χ2n) is 7.72. The van der Waals surface area contributed by atoms with E-state index < -0.39 is 46.2 Å². The Bertz CT molecular complexity index is 1220. The van der Waals surface area contributed by atoms with E-state index in [1.807, 2.05) is 0 Å². The maximum absolute atomic E-state index is 13.2. The van der Waals surface area contributed by atoms with Gasteiger partial charge in [-0.05, 0) is 24.3 Å². The molecule has 1 aliphatic rings. The number of sulfonamides is 1. The molecule has 1 atom stereocenters. The van der Waals surface area contributed by atoms with E-state index in [0.717, 1.165) is 22.6 Å². The fraction of sp³-hybridized carbons (Fsp3) is 0.381. The lowest BCUT2D eigenvalue weighted by molar-refractivity contribution is -0.376. The van der Waals surface area contributed by atoms with Crippen molar-refractivity contribution in [2.75, 3.05) is 36.9 Å². The third-order valence-electron chi connectivity index (χ3n) is 5.53. The van der Waals surface area contributed by atoms with Gasteiger partial charge in [0.05, 0.1) is 0 Å². The van der Waals surface area contributed by atoms with Crippen LogP contribution in [0.1, 0.15) is 5.56 Å². The molecule has 0 saturated carbocycles. The smallest absolute Gasteiger partial charge is 0.384 e. The van der Waals surface area contributed by atoms with Gasteiger partial charge in [0.15, 0.2) is 0 Å². The molecule has 1 saturated heterocycles. The van der Waals surface area contributed by atoms with Crippen LogP contribution >= 0.6 is 0 Å². The molecule has 2 heterocycles. The van der Waals surface area contributed by atoms with Crippen molar-refractivity contribution in [1.29, 1.82) is 0 Å². The molecule has 15 heteroatoms.